The number of fused-ring (bicyclic) bond motifs is 1. The molecule has 0 atom stereocenters. The van der Waals surface area contributed by atoms with E-state index in [0.29, 0.717) is 18.3 Å². The van der Waals surface area contributed by atoms with Gasteiger partial charge < -0.3 is 20.4 Å². The first-order chi connectivity index (χ1) is 16.9. The number of piperazine rings is 1. The van der Waals surface area contributed by atoms with Gasteiger partial charge in [-0.1, -0.05) is 6.07 Å². The van der Waals surface area contributed by atoms with Crippen LogP contribution >= 0.6 is 0 Å². The van der Waals surface area contributed by atoms with Crippen LogP contribution < -0.4 is 24.7 Å². The average molecular weight is 495 g/mol. The molecule has 2 aromatic heterocycles. The maximum Gasteiger partial charge on any atom is 0.233 e. The summed E-state index contributed by atoms with van der Waals surface area (Å²) in [6.45, 7) is 5.31. The van der Waals surface area contributed by atoms with Crippen LogP contribution in [0, 0.1) is 0 Å². The second-order valence-corrected chi connectivity index (χ2v) is 10.9. The Morgan fingerprint density at radius 1 is 1.09 bits per heavy atom. The number of nitrogens with zero attached hydrogens (tertiary/aromatic N) is 6. The predicted octanol–water partition coefficient (Wildman–Crippen LogP) is 1.98. The van der Waals surface area contributed by atoms with E-state index >= 15 is 0 Å². The van der Waals surface area contributed by atoms with Crippen molar-refractivity contribution in [3.8, 4) is 0 Å². The normalized spacial score (nSPS) is 15.7. The summed E-state index contributed by atoms with van der Waals surface area (Å²) in [4.78, 5) is 18.1. The maximum atomic E-state index is 12.1. The Bertz CT molecular complexity index is 1290. The van der Waals surface area contributed by atoms with Crippen molar-refractivity contribution in [2.24, 2.45) is 0 Å². The monoisotopic (exact) mass is 494 g/mol. The molecule has 35 heavy (non-hydrogen) atoms. The molecule has 3 aromatic rings. The molecule has 0 saturated carbocycles. The van der Waals surface area contributed by atoms with Crippen molar-refractivity contribution in [2.45, 2.75) is 13.0 Å². The van der Waals surface area contributed by atoms with Crippen LogP contribution in [0.15, 0.2) is 48.8 Å². The highest BCUT2D eigenvalue weighted by molar-refractivity contribution is 7.92. The van der Waals surface area contributed by atoms with Gasteiger partial charge in [0.15, 0.2) is 0 Å². The van der Waals surface area contributed by atoms with Gasteiger partial charge in [-0.15, -0.1) is 0 Å². The average Bonchev–Trinajstić information content (AvgIpc) is 3.26. The van der Waals surface area contributed by atoms with Crippen LogP contribution in [0.5, 0.6) is 0 Å². The highest BCUT2D eigenvalue weighted by atomic mass is 32.2. The molecule has 5 rings (SSSR count). The smallest absolute Gasteiger partial charge is 0.233 e. The molecule has 2 aliphatic heterocycles. The van der Waals surface area contributed by atoms with Crippen LogP contribution in [-0.4, -0.2) is 69.4 Å². The van der Waals surface area contributed by atoms with E-state index in [4.69, 9.17) is 4.98 Å². The zero-order valence-corrected chi connectivity index (χ0v) is 20.8. The second kappa shape index (κ2) is 9.67. The van der Waals surface area contributed by atoms with Gasteiger partial charge in [0.1, 0.15) is 11.6 Å². The van der Waals surface area contributed by atoms with Gasteiger partial charge in [-0.05, 0) is 36.8 Å². The minimum atomic E-state index is -3.41. The van der Waals surface area contributed by atoms with Crippen LogP contribution in [0.2, 0.25) is 0 Å². The fourth-order valence-corrected chi connectivity index (χ4v) is 4.91. The molecule has 1 aromatic carbocycles. The number of pyridine rings is 1. The lowest BCUT2D eigenvalue weighted by Crippen LogP contribution is -2.43. The van der Waals surface area contributed by atoms with E-state index in [2.05, 4.69) is 54.7 Å². The number of hydrogen-bond donors (Lipinski definition) is 2. The zero-order valence-electron chi connectivity index (χ0n) is 20.0. The first kappa shape index (κ1) is 23.3. The highest BCUT2D eigenvalue weighted by Gasteiger charge is 2.25. The lowest BCUT2D eigenvalue weighted by atomic mass is 10.2. The minimum absolute atomic E-state index is 0.431. The van der Waals surface area contributed by atoms with E-state index < -0.39 is 10.0 Å². The van der Waals surface area contributed by atoms with Crippen molar-refractivity contribution in [1.82, 2.24) is 20.3 Å². The van der Waals surface area contributed by atoms with E-state index in [1.807, 2.05) is 18.3 Å². The summed E-state index contributed by atoms with van der Waals surface area (Å²) < 4.78 is 25.4. The van der Waals surface area contributed by atoms with E-state index in [0.717, 1.165) is 61.8 Å². The van der Waals surface area contributed by atoms with Gasteiger partial charge in [-0.2, -0.15) is 4.98 Å². The molecular weight excluding hydrogens is 464 g/mol. The first-order valence-corrected chi connectivity index (χ1v) is 13.5. The third-order valence-corrected chi connectivity index (χ3v) is 7.59. The number of aromatic nitrogens is 3. The number of nitrogens with one attached hydrogen (secondary N) is 2. The van der Waals surface area contributed by atoms with Gasteiger partial charge in [0, 0.05) is 81.2 Å². The lowest BCUT2D eigenvalue weighted by Gasteiger charge is -2.29. The van der Waals surface area contributed by atoms with Crippen LogP contribution in [0.3, 0.4) is 0 Å². The predicted molar refractivity (Wildman–Crippen MR) is 139 cm³/mol. The second-order valence-electron chi connectivity index (χ2n) is 8.84. The Morgan fingerprint density at radius 3 is 2.60 bits per heavy atom. The molecule has 0 unspecified atom stereocenters. The van der Waals surface area contributed by atoms with Crippen molar-refractivity contribution in [1.29, 1.82) is 0 Å². The lowest BCUT2D eigenvalue weighted by molar-refractivity contribution is 0.589. The Kier molecular flexibility index (Phi) is 6.44. The van der Waals surface area contributed by atoms with E-state index in [9.17, 15) is 8.42 Å². The van der Waals surface area contributed by atoms with Crippen molar-refractivity contribution < 1.29 is 8.42 Å². The van der Waals surface area contributed by atoms with E-state index in [1.54, 1.807) is 6.20 Å². The van der Waals surface area contributed by atoms with Crippen LogP contribution in [0.4, 0.5) is 29.0 Å². The fraction of sp³-hybridized carbons (Fsp3) is 0.375. The van der Waals surface area contributed by atoms with Gasteiger partial charge in [0.2, 0.25) is 16.0 Å². The maximum absolute atomic E-state index is 12.1. The Hall–Kier alpha value is -3.44. The molecule has 10 nitrogen and oxygen atoms in total. The van der Waals surface area contributed by atoms with E-state index in [-0.39, 0.29) is 0 Å². The summed E-state index contributed by atoms with van der Waals surface area (Å²) >= 11 is 0. The van der Waals surface area contributed by atoms with E-state index in [1.165, 1.54) is 23.3 Å². The van der Waals surface area contributed by atoms with Crippen molar-refractivity contribution in [2.75, 3.05) is 65.4 Å². The molecule has 2 N–H and O–H groups in total. The molecule has 0 bridgehead atoms. The van der Waals surface area contributed by atoms with Crippen molar-refractivity contribution in [3.63, 3.8) is 0 Å². The van der Waals surface area contributed by atoms with Crippen LogP contribution in [-0.2, 0) is 23.0 Å². The molecule has 2 aliphatic rings. The topological polar surface area (TPSA) is 107 Å². The Morgan fingerprint density at radius 2 is 1.86 bits per heavy atom. The van der Waals surface area contributed by atoms with Gasteiger partial charge in [0.25, 0.3) is 0 Å². The first-order valence-electron chi connectivity index (χ1n) is 11.7. The summed E-state index contributed by atoms with van der Waals surface area (Å²) in [5, 5.41) is 6.69. The molecule has 184 valence electrons. The summed E-state index contributed by atoms with van der Waals surface area (Å²) in [5.74, 6) is 1.82. The molecule has 1 saturated heterocycles. The minimum Gasteiger partial charge on any atom is -0.369 e. The fourth-order valence-electron chi connectivity index (χ4n) is 4.43. The third kappa shape index (κ3) is 5.15. The highest BCUT2D eigenvalue weighted by Crippen LogP contribution is 2.30. The van der Waals surface area contributed by atoms with Crippen molar-refractivity contribution >= 4 is 39.0 Å². The van der Waals surface area contributed by atoms with Gasteiger partial charge in [0.05, 0.1) is 6.26 Å². The molecule has 4 heterocycles. The summed E-state index contributed by atoms with van der Waals surface area (Å²) in [7, 11) is -1.89. The molecule has 1 fully saturated rings. The molecule has 0 amide bonds. The molecular formula is C24H30N8O2S. The standard InChI is InChI=1S/C24H30N8O2S/c1-30(35(2,33)34)22-19(4-3-10-26-22)17-32-13-9-18-16-27-24(29-23(18)32)28-20-5-7-21(8-6-20)31-14-11-25-12-15-31/h3-8,10,16,25H,9,11-15,17H2,1-2H3,(H,27,28,29). The van der Waals surface area contributed by atoms with Gasteiger partial charge in [-0.25, -0.2) is 18.4 Å². The van der Waals surface area contributed by atoms with Gasteiger partial charge in [-0.3, -0.25) is 4.31 Å². The third-order valence-electron chi connectivity index (χ3n) is 6.42. The molecule has 0 radical (unpaired) electrons. The Balaban J connectivity index is 1.32. The number of anilines is 5. The summed E-state index contributed by atoms with van der Waals surface area (Å²) in [5.41, 5.74) is 4.04. The molecule has 0 spiro atoms. The summed E-state index contributed by atoms with van der Waals surface area (Å²) in [6, 6.07) is 12.1. The number of benzene rings is 1. The molecule has 11 heteroatoms. The summed E-state index contributed by atoms with van der Waals surface area (Å²) in [6.07, 6.45) is 5.49. The van der Waals surface area contributed by atoms with Gasteiger partial charge >= 0.3 is 0 Å². The van der Waals surface area contributed by atoms with Crippen LogP contribution in [0.1, 0.15) is 11.1 Å². The SMILES string of the molecule is CN(c1ncccc1CN1CCc2cnc(Nc3ccc(N4CCNCC4)cc3)nc21)S(C)(=O)=O. The number of sulfonamides is 1. The largest absolute Gasteiger partial charge is 0.369 e. The van der Waals surface area contributed by atoms with Crippen molar-refractivity contribution in [3.05, 3.63) is 59.9 Å². The molecule has 0 aliphatic carbocycles. The number of rotatable bonds is 7. The quantitative estimate of drug-likeness (QED) is 0.510. The van der Waals surface area contributed by atoms with Crippen LogP contribution in [0.25, 0.3) is 0 Å². The zero-order chi connectivity index (χ0) is 24.4. The number of hydrogen-bond acceptors (Lipinski definition) is 9. The Labute approximate surface area is 206 Å².